The summed E-state index contributed by atoms with van der Waals surface area (Å²) < 4.78 is 6.60. The number of thiazole rings is 1. The first-order chi connectivity index (χ1) is 14.3. The van der Waals surface area contributed by atoms with Crippen molar-refractivity contribution in [2.75, 3.05) is 31.6 Å². The van der Waals surface area contributed by atoms with Crippen molar-refractivity contribution in [1.82, 2.24) is 20.1 Å². The second kappa shape index (κ2) is 8.24. The number of rotatable bonds is 5. The van der Waals surface area contributed by atoms with Crippen molar-refractivity contribution in [3.8, 4) is 11.3 Å². The molecule has 0 atom stereocenters. The van der Waals surface area contributed by atoms with E-state index in [1.807, 2.05) is 42.5 Å². The molecule has 0 radical (unpaired) electrons. The van der Waals surface area contributed by atoms with Crippen LogP contribution in [-0.2, 0) is 11.3 Å². The third kappa shape index (κ3) is 4.27. The fourth-order valence-electron chi connectivity index (χ4n) is 3.41. The summed E-state index contributed by atoms with van der Waals surface area (Å²) in [4.78, 5) is 7.11. The Kier molecular flexibility index (Phi) is 5.17. The monoisotopic (exact) mass is 403 g/mol. The third-order valence-electron chi connectivity index (χ3n) is 4.93. The quantitative estimate of drug-likeness (QED) is 0.535. The van der Waals surface area contributed by atoms with Crippen LogP contribution in [0.15, 0.2) is 60.7 Å². The van der Waals surface area contributed by atoms with Crippen molar-refractivity contribution in [2.45, 2.75) is 6.54 Å². The molecule has 6 nitrogen and oxygen atoms in total. The minimum Gasteiger partial charge on any atom is -0.379 e. The van der Waals surface area contributed by atoms with E-state index in [9.17, 15) is 0 Å². The van der Waals surface area contributed by atoms with Crippen molar-refractivity contribution < 1.29 is 4.74 Å². The molecule has 5 rings (SSSR count). The summed E-state index contributed by atoms with van der Waals surface area (Å²) in [6, 6.07) is 20.4. The van der Waals surface area contributed by atoms with Crippen LogP contribution >= 0.6 is 11.3 Å². The number of morpholine rings is 1. The number of nitrogens with one attached hydrogen (secondary N) is 1. The van der Waals surface area contributed by atoms with Crippen molar-refractivity contribution in [1.29, 1.82) is 0 Å². The normalized spacial score (nSPS) is 14.9. The van der Waals surface area contributed by atoms with Crippen LogP contribution in [0.4, 0.5) is 10.9 Å². The number of nitrogens with zero attached hydrogens (tertiary/aromatic N) is 4. The second-order valence-electron chi connectivity index (χ2n) is 7.00. The molecule has 1 N–H and O–H groups in total. The molecule has 1 saturated heterocycles. The summed E-state index contributed by atoms with van der Waals surface area (Å²) in [6.07, 6.45) is 0. The summed E-state index contributed by atoms with van der Waals surface area (Å²) in [5.74, 6) is 0.692. The average Bonchev–Trinajstić information content (AvgIpc) is 3.17. The number of aromatic nitrogens is 3. The van der Waals surface area contributed by atoms with Gasteiger partial charge in [0.1, 0.15) is 0 Å². The summed E-state index contributed by atoms with van der Waals surface area (Å²) >= 11 is 1.64. The van der Waals surface area contributed by atoms with E-state index in [4.69, 9.17) is 4.74 Å². The number of fused-ring (bicyclic) bond motifs is 1. The number of ether oxygens (including phenoxy) is 1. The molecule has 1 aliphatic heterocycles. The maximum absolute atomic E-state index is 5.43. The van der Waals surface area contributed by atoms with Crippen LogP contribution < -0.4 is 5.32 Å². The lowest BCUT2D eigenvalue weighted by Crippen LogP contribution is -2.35. The van der Waals surface area contributed by atoms with E-state index in [-0.39, 0.29) is 0 Å². The van der Waals surface area contributed by atoms with Gasteiger partial charge in [-0.2, -0.15) is 0 Å². The smallest absolute Gasteiger partial charge is 0.189 e. The largest absolute Gasteiger partial charge is 0.379 e. The molecule has 0 amide bonds. The summed E-state index contributed by atoms with van der Waals surface area (Å²) in [7, 11) is 0. The number of hydrogen-bond acceptors (Lipinski definition) is 7. The molecule has 146 valence electrons. The first kappa shape index (κ1) is 18.2. The van der Waals surface area contributed by atoms with Crippen LogP contribution in [0, 0.1) is 0 Å². The predicted molar refractivity (Wildman–Crippen MR) is 116 cm³/mol. The average molecular weight is 404 g/mol. The zero-order valence-corrected chi connectivity index (χ0v) is 16.7. The highest BCUT2D eigenvalue weighted by Crippen LogP contribution is 2.29. The van der Waals surface area contributed by atoms with Gasteiger partial charge < -0.3 is 10.1 Å². The van der Waals surface area contributed by atoms with Gasteiger partial charge in [-0.05, 0) is 29.8 Å². The van der Waals surface area contributed by atoms with Crippen LogP contribution in [0.5, 0.6) is 0 Å². The van der Waals surface area contributed by atoms with Crippen molar-refractivity contribution >= 4 is 32.5 Å². The Balaban J connectivity index is 1.30. The van der Waals surface area contributed by atoms with Gasteiger partial charge in [0.2, 0.25) is 0 Å². The third-order valence-corrected chi connectivity index (χ3v) is 5.87. The van der Waals surface area contributed by atoms with Crippen LogP contribution in [-0.4, -0.2) is 46.4 Å². The van der Waals surface area contributed by atoms with E-state index in [1.165, 1.54) is 10.3 Å². The SMILES string of the molecule is c1ccc(-c2ccc(Nc3nc4ccc(CN5CCOCC5)cc4s3)nn2)cc1. The first-order valence-electron chi connectivity index (χ1n) is 9.69. The summed E-state index contributed by atoms with van der Waals surface area (Å²) in [6.45, 7) is 4.57. The molecule has 0 saturated carbocycles. The van der Waals surface area contributed by atoms with Crippen LogP contribution in [0.3, 0.4) is 0 Å². The number of hydrogen-bond donors (Lipinski definition) is 1. The highest BCUT2D eigenvalue weighted by Gasteiger charge is 2.12. The Morgan fingerprint density at radius 2 is 1.83 bits per heavy atom. The molecule has 1 fully saturated rings. The Morgan fingerprint density at radius 1 is 0.966 bits per heavy atom. The molecule has 2 aromatic heterocycles. The van der Waals surface area contributed by atoms with Gasteiger partial charge >= 0.3 is 0 Å². The fourth-order valence-corrected chi connectivity index (χ4v) is 4.35. The molecule has 0 unspecified atom stereocenters. The van der Waals surface area contributed by atoms with Gasteiger partial charge in [-0.25, -0.2) is 4.98 Å². The Hall–Kier alpha value is -2.87. The lowest BCUT2D eigenvalue weighted by Gasteiger charge is -2.26. The second-order valence-corrected chi connectivity index (χ2v) is 8.04. The number of anilines is 2. The van der Waals surface area contributed by atoms with Crippen LogP contribution in [0.1, 0.15) is 5.56 Å². The Bertz CT molecular complexity index is 1090. The van der Waals surface area contributed by atoms with E-state index in [0.29, 0.717) is 5.82 Å². The maximum atomic E-state index is 5.43. The zero-order chi connectivity index (χ0) is 19.5. The van der Waals surface area contributed by atoms with Gasteiger partial charge in [-0.1, -0.05) is 47.7 Å². The van der Waals surface area contributed by atoms with E-state index >= 15 is 0 Å². The predicted octanol–water partition coefficient (Wildman–Crippen LogP) is 4.33. The zero-order valence-electron chi connectivity index (χ0n) is 15.9. The van der Waals surface area contributed by atoms with Gasteiger partial charge in [0, 0.05) is 25.2 Å². The molecule has 2 aromatic carbocycles. The standard InChI is InChI=1S/C22H21N5OS/c1-2-4-17(5-3-1)18-8-9-21(26-25-18)24-22-23-19-7-6-16(14-20(19)29-22)15-27-10-12-28-13-11-27/h1-9,14H,10-13,15H2,(H,23,24,26). The minimum absolute atomic E-state index is 0.692. The van der Waals surface area contributed by atoms with Gasteiger partial charge in [0.05, 0.1) is 29.1 Å². The summed E-state index contributed by atoms with van der Waals surface area (Å²) in [5.41, 5.74) is 4.21. The maximum Gasteiger partial charge on any atom is 0.189 e. The topological polar surface area (TPSA) is 63.2 Å². The molecule has 7 heteroatoms. The molecular weight excluding hydrogens is 382 g/mol. The molecule has 0 spiro atoms. The molecule has 3 heterocycles. The lowest BCUT2D eigenvalue weighted by molar-refractivity contribution is 0.0342. The van der Waals surface area contributed by atoms with Crippen molar-refractivity contribution in [3.63, 3.8) is 0 Å². The molecule has 0 bridgehead atoms. The minimum atomic E-state index is 0.692. The highest BCUT2D eigenvalue weighted by molar-refractivity contribution is 7.22. The molecular formula is C22H21N5OS. The highest BCUT2D eigenvalue weighted by atomic mass is 32.1. The van der Waals surface area contributed by atoms with E-state index in [2.05, 4.69) is 43.6 Å². The fraction of sp³-hybridized carbons (Fsp3) is 0.227. The lowest BCUT2D eigenvalue weighted by atomic mass is 10.1. The molecule has 4 aromatic rings. The molecule has 0 aliphatic carbocycles. The van der Waals surface area contributed by atoms with Gasteiger partial charge in [-0.3, -0.25) is 4.90 Å². The number of benzene rings is 2. The Labute approximate surface area is 173 Å². The summed E-state index contributed by atoms with van der Waals surface area (Å²) in [5, 5.41) is 12.7. The molecule has 1 aliphatic rings. The van der Waals surface area contributed by atoms with Crippen LogP contribution in [0.2, 0.25) is 0 Å². The van der Waals surface area contributed by atoms with Crippen molar-refractivity contribution in [3.05, 3.63) is 66.2 Å². The van der Waals surface area contributed by atoms with E-state index < -0.39 is 0 Å². The molecule has 29 heavy (non-hydrogen) atoms. The van der Waals surface area contributed by atoms with Gasteiger partial charge in [0.25, 0.3) is 0 Å². The van der Waals surface area contributed by atoms with Gasteiger partial charge in [-0.15, -0.1) is 10.2 Å². The first-order valence-corrected chi connectivity index (χ1v) is 10.5. The van der Waals surface area contributed by atoms with Crippen molar-refractivity contribution in [2.24, 2.45) is 0 Å². The van der Waals surface area contributed by atoms with E-state index in [1.54, 1.807) is 11.3 Å². The van der Waals surface area contributed by atoms with Crippen LogP contribution in [0.25, 0.3) is 21.5 Å². The van der Waals surface area contributed by atoms with E-state index in [0.717, 1.165) is 54.8 Å². The van der Waals surface area contributed by atoms with Gasteiger partial charge in [0.15, 0.2) is 10.9 Å². The Morgan fingerprint density at radius 3 is 2.62 bits per heavy atom.